The molecule has 0 spiro atoms. The van der Waals surface area contributed by atoms with Gasteiger partial charge in [-0.2, -0.15) is 0 Å². The fraction of sp³-hybridized carbons (Fsp3) is 0.118. The minimum absolute atomic E-state index is 0.525. The fourth-order valence-corrected chi connectivity index (χ4v) is 2.33. The van der Waals surface area contributed by atoms with Gasteiger partial charge >= 0.3 is 0 Å². The van der Waals surface area contributed by atoms with Crippen LogP contribution >= 0.6 is 0 Å². The van der Waals surface area contributed by atoms with Crippen molar-refractivity contribution in [3.8, 4) is 17.0 Å². The Bertz CT molecular complexity index is 753. The Kier molecular flexibility index (Phi) is 3.35. The summed E-state index contributed by atoms with van der Waals surface area (Å²) in [7, 11) is 1.65. The van der Waals surface area contributed by atoms with E-state index in [1.54, 1.807) is 7.11 Å². The Morgan fingerprint density at radius 2 is 1.90 bits per heavy atom. The summed E-state index contributed by atoms with van der Waals surface area (Å²) in [6.45, 7) is 0.525. The van der Waals surface area contributed by atoms with E-state index in [0.717, 1.165) is 27.6 Å². The second kappa shape index (κ2) is 5.31. The normalized spacial score (nSPS) is 10.7. The molecule has 3 rings (SSSR count). The van der Waals surface area contributed by atoms with Gasteiger partial charge in [0.15, 0.2) is 0 Å². The molecule has 3 heteroatoms. The molecule has 1 heterocycles. The first-order valence-electron chi connectivity index (χ1n) is 6.55. The number of fused-ring (bicyclic) bond motifs is 1. The van der Waals surface area contributed by atoms with Crippen LogP contribution in [0, 0.1) is 0 Å². The van der Waals surface area contributed by atoms with Crippen LogP contribution in [-0.4, -0.2) is 12.1 Å². The SMILES string of the molecule is COc1nc2ccccc2cc1-c1cccc(CN)c1. The molecule has 0 atom stereocenters. The van der Waals surface area contributed by atoms with Gasteiger partial charge in [-0.1, -0.05) is 36.4 Å². The summed E-state index contributed by atoms with van der Waals surface area (Å²) in [6, 6.07) is 18.3. The molecule has 0 radical (unpaired) electrons. The first-order chi connectivity index (χ1) is 9.81. The van der Waals surface area contributed by atoms with E-state index in [1.807, 2.05) is 36.4 Å². The first-order valence-corrected chi connectivity index (χ1v) is 6.55. The summed E-state index contributed by atoms with van der Waals surface area (Å²) in [6.07, 6.45) is 0. The Morgan fingerprint density at radius 1 is 1.05 bits per heavy atom. The van der Waals surface area contributed by atoms with E-state index in [2.05, 4.69) is 23.2 Å². The third kappa shape index (κ3) is 2.24. The maximum atomic E-state index is 5.71. The van der Waals surface area contributed by atoms with Crippen LogP contribution in [0.25, 0.3) is 22.0 Å². The summed E-state index contributed by atoms with van der Waals surface area (Å²) < 4.78 is 5.44. The quantitative estimate of drug-likeness (QED) is 0.789. The van der Waals surface area contributed by atoms with Crippen molar-refractivity contribution in [2.24, 2.45) is 5.73 Å². The third-order valence-corrected chi connectivity index (χ3v) is 3.36. The number of nitrogens with zero attached hydrogens (tertiary/aromatic N) is 1. The molecule has 3 nitrogen and oxygen atoms in total. The maximum Gasteiger partial charge on any atom is 0.221 e. The van der Waals surface area contributed by atoms with Crippen molar-refractivity contribution in [3.05, 3.63) is 60.2 Å². The van der Waals surface area contributed by atoms with Crippen LogP contribution < -0.4 is 10.5 Å². The highest BCUT2D eigenvalue weighted by atomic mass is 16.5. The average molecular weight is 264 g/mol. The molecular formula is C17H16N2O. The predicted molar refractivity (Wildman–Crippen MR) is 81.6 cm³/mol. The number of benzene rings is 2. The molecule has 0 amide bonds. The largest absolute Gasteiger partial charge is 0.481 e. The maximum absolute atomic E-state index is 5.71. The van der Waals surface area contributed by atoms with Gasteiger partial charge in [0.25, 0.3) is 0 Å². The van der Waals surface area contributed by atoms with Crippen LogP contribution in [-0.2, 0) is 6.54 Å². The topological polar surface area (TPSA) is 48.1 Å². The van der Waals surface area contributed by atoms with Crippen LogP contribution in [0.5, 0.6) is 5.88 Å². The standard InChI is InChI=1S/C17H16N2O/c1-20-17-15(13-7-4-5-12(9-13)11-18)10-14-6-2-3-8-16(14)19-17/h2-10H,11,18H2,1H3. The van der Waals surface area contributed by atoms with E-state index >= 15 is 0 Å². The summed E-state index contributed by atoms with van der Waals surface area (Å²) >= 11 is 0. The summed E-state index contributed by atoms with van der Waals surface area (Å²) in [4.78, 5) is 4.57. The average Bonchev–Trinajstić information content (AvgIpc) is 2.53. The van der Waals surface area contributed by atoms with Gasteiger partial charge < -0.3 is 10.5 Å². The highest BCUT2D eigenvalue weighted by Gasteiger charge is 2.09. The number of aromatic nitrogens is 1. The van der Waals surface area contributed by atoms with Crippen LogP contribution in [0.1, 0.15) is 5.56 Å². The predicted octanol–water partition coefficient (Wildman–Crippen LogP) is 3.37. The molecule has 2 aromatic carbocycles. The minimum atomic E-state index is 0.525. The highest BCUT2D eigenvalue weighted by Crippen LogP contribution is 2.31. The minimum Gasteiger partial charge on any atom is -0.481 e. The van der Waals surface area contributed by atoms with Gasteiger partial charge in [-0.3, -0.25) is 0 Å². The number of para-hydroxylation sites is 1. The van der Waals surface area contributed by atoms with E-state index in [0.29, 0.717) is 12.4 Å². The zero-order valence-corrected chi connectivity index (χ0v) is 11.3. The van der Waals surface area contributed by atoms with Crippen LogP contribution in [0.2, 0.25) is 0 Å². The molecule has 100 valence electrons. The van der Waals surface area contributed by atoms with Crippen LogP contribution in [0.15, 0.2) is 54.6 Å². The Balaban J connectivity index is 2.22. The number of hydrogen-bond acceptors (Lipinski definition) is 3. The molecule has 0 fully saturated rings. The monoisotopic (exact) mass is 264 g/mol. The molecular weight excluding hydrogens is 248 g/mol. The van der Waals surface area contributed by atoms with Crippen molar-refractivity contribution in [2.45, 2.75) is 6.54 Å². The zero-order valence-electron chi connectivity index (χ0n) is 11.3. The molecule has 0 saturated carbocycles. The third-order valence-electron chi connectivity index (χ3n) is 3.36. The van der Waals surface area contributed by atoms with Gasteiger partial charge in [0.2, 0.25) is 5.88 Å². The lowest BCUT2D eigenvalue weighted by atomic mass is 10.0. The van der Waals surface area contributed by atoms with E-state index in [9.17, 15) is 0 Å². The van der Waals surface area contributed by atoms with Gasteiger partial charge in [0.05, 0.1) is 12.6 Å². The molecule has 0 bridgehead atoms. The van der Waals surface area contributed by atoms with Crippen molar-refractivity contribution < 1.29 is 4.74 Å². The lowest BCUT2D eigenvalue weighted by molar-refractivity contribution is 0.401. The zero-order chi connectivity index (χ0) is 13.9. The lowest BCUT2D eigenvalue weighted by Gasteiger charge is -2.10. The molecule has 0 aliphatic rings. The number of methoxy groups -OCH3 is 1. The molecule has 1 aromatic heterocycles. The van der Waals surface area contributed by atoms with E-state index in [4.69, 9.17) is 10.5 Å². The second-order valence-corrected chi connectivity index (χ2v) is 4.64. The Morgan fingerprint density at radius 3 is 2.70 bits per heavy atom. The van der Waals surface area contributed by atoms with Gasteiger partial charge in [0, 0.05) is 17.5 Å². The van der Waals surface area contributed by atoms with Crippen molar-refractivity contribution >= 4 is 10.9 Å². The number of nitrogens with two attached hydrogens (primary N) is 1. The molecule has 3 aromatic rings. The van der Waals surface area contributed by atoms with Gasteiger partial charge in [-0.15, -0.1) is 0 Å². The van der Waals surface area contributed by atoms with Gasteiger partial charge in [0.1, 0.15) is 0 Å². The smallest absolute Gasteiger partial charge is 0.221 e. The van der Waals surface area contributed by atoms with Crippen LogP contribution in [0.4, 0.5) is 0 Å². The summed E-state index contributed by atoms with van der Waals surface area (Å²) in [5, 5.41) is 1.10. The second-order valence-electron chi connectivity index (χ2n) is 4.64. The molecule has 2 N–H and O–H groups in total. The molecule has 20 heavy (non-hydrogen) atoms. The lowest BCUT2D eigenvalue weighted by Crippen LogP contribution is -1.97. The van der Waals surface area contributed by atoms with Crippen molar-refractivity contribution in [3.63, 3.8) is 0 Å². The van der Waals surface area contributed by atoms with Crippen molar-refractivity contribution in [1.29, 1.82) is 0 Å². The number of ether oxygens (including phenoxy) is 1. The van der Waals surface area contributed by atoms with Crippen molar-refractivity contribution in [1.82, 2.24) is 4.98 Å². The number of pyridine rings is 1. The molecule has 0 saturated heterocycles. The van der Waals surface area contributed by atoms with Crippen molar-refractivity contribution in [2.75, 3.05) is 7.11 Å². The number of rotatable bonds is 3. The van der Waals surface area contributed by atoms with Gasteiger partial charge in [-0.25, -0.2) is 4.98 Å². The fourth-order valence-electron chi connectivity index (χ4n) is 2.33. The summed E-state index contributed by atoms with van der Waals surface area (Å²) in [5.74, 6) is 0.637. The van der Waals surface area contributed by atoms with E-state index in [-0.39, 0.29) is 0 Å². The molecule has 0 aliphatic heterocycles. The van der Waals surface area contributed by atoms with Crippen LogP contribution in [0.3, 0.4) is 0 Å². The Labute approximate surface area is 118 Å². The number of hydrogen-bond donors (Lipinski definition) is 1. The van der Waals surface area contributed by atoms with E-state index in [1.165, 1.54) is 0 Å². The first kappa shape index (κ1) is 12.6. The summed E-state index contributed by atoms with van der Waals surface area (Å²) in [5.41, 5.74) is 9.80. The van der Waals surface area contributed by atoms with Gasteiger partial charge in [-0.05, 0) is 29.3 Å². The highest BCUT2D eigenvalue weighted by molar-refractivity contribution is 5.86. The van der Waals surface area contributed by atoms with E-state index < -0.39 is 0 Å². The molecule has 0 aliphatic carbocycles. The molecule has 0 unspecified atom stereocenters. The Hall–Kier alpha value is -2.39.